The Morgan fingerprint density at radius 3 is 2.67 bits per heavy atom. The van der Waals surface area contributed by atoms with E-state index < -0.39 is 0 Å². The van der Waals surface area contributed by atoms with Gasteiger partial charge in [0, 0.05) is 17.9 Å². The Labute approximate surface area is 160 Å². The molecule has 0 saturated carbocycles. The van der Waals surface area contributed by atoms with Gasteiger partial charge in [0.1, 0.15) is 5.69 Å². The zero-order valence-corrected chi connectivity index (χ0v) is 16.4. The molecule has 142 valence electrons. The van der Waals surface area contributed by atoms with Gasteiger partial charge < -0.3 is 5.32 Å². The summed E-state index contributed by atoms with van der Waals surface area (Å²) < 4.78 is 1.99. The fourth-order valence-corrected chi connectivity index (χ4v) is 3.14. The van der Waals surface area contributed by atoms with Crippen LogP contribution in [0, 0.1) is 19.8 Å². The van der Waals surface area contributed by atoms with Crippen molar-refractivity contribution < 1.29 is 4.79 Å². The molecule has 1 amide bonds. The van der Waals surface area contributed by atoms with Crippen LogP contribution in [0.5, 0.6) is 0 Å². The molecule has 3 rings (SSSR count). The number of aromatic nitrogens is 4. The SMILES string of the molecule is Cc1cc(C)n(Cc2cccc(CNC(=O)c3cc(CC(C)C)[nH]n3)c2)n1. The molecule has 0 aliphatic rings. The number of amides is 1. The number of aromatic amines is 1. The van der Waals surface area contributed by atoms with Gasteiger partial charge in [0.25, 0.3) is 5.91 Å². The number of benzene rings is 1. The molecule has 2 N–H and O–H groups in total. The number of rotatable bonds is 7. The first-order valence-electron chi connectivity index (χ1n) is 9.32. The maximum atomic E-state index is 12.3. The predicted molar refractivity (Wildman–Crippen MR) is 106 cm³/mol. The third kappa shape index (κ3) is 5.06. The second-order valence-electron chi connectivity index (χ2n) is 7.46. The molecular weight excluding hydrogens is 338 g/mol. The molecule has 2 heterocycles. The first kappa shape index (κ1) is 18.9. The number of nitrogens with one attached hydrogen (secondary N) is 2. The molecule has 0 unspecified atom stereocenters. The summed E-state index contributed by atoms with van der Waals surface area (Å²) in [5.74, 6) is 0.358. The zero-order valence-electron chi connectivity index (χ0n) is 16.4. The van der Waals surface area contributed by atoms with Crippen LogP contribution in [-0.4, -0.2) is 25.9 Å². The third-order valence-electron chi connectivity index (χ3n) is 4.37. The van der Waals surface area contributed by atoms with Crippen LogP contribution >= 0.6 is 0 Å². The van der Waals surface area contributed by atoms with Gasteiger partial charge >= 0.3 is 0 Å². The van der Waals surface area contributed by atoms with Crippen molar-refractivity contribution in [3.8, 4) is 0 Å². The van der Waals surface area contributed by atoms with Crippen molar-refractivity contribution in [3.05, 3.63) is 70.3 Å². The molecule has 6 nitrogen and oxygen atoms in total. The number of hydrogen-bond acceptors (Lipinski definition) is 3. The number of hydrogen-bond donors (Lipinski definition) is 2. The number of aryl methyl sites for hydroxylation is 2. The Balaban J connectivity index is 1.60. The van der Waals surface area contributed by atoms with Crippen LogP contribution in [0.25, 0.3) is 0 Å². The van der Waals surface area contributed by atoms with Crippen LogP contribution in [0.4, 0.5) is 0 Å². The van der Waals surface area contributed by atoms with Crippen LogP contribution in [0.15, 0.2) is 36.4 Å². The minimum atomic E-state index is -0.162. The number of carbonyl (C=O) groups is 1. The highest BCUT2D eigenvalue weighted by atomic mass is 16.1. The fraction of sp³-hybridized carbons (Fsp3) is 0.381. The van der Waals surface area contributed by atoms with E-state index in [1.165, 1.54) is 0 Å². The van der Waals surface area contributed by atoms with E-state index in [2.05, 4.69) is 59.6 Å². The molecule has 27 heavy (non-hydrogen) atoms. The lowest BCUT2D eigenvalue weighted by Crippen LogP contribution is -2.23. The standard InChI is InChI=1S/C21H27N5O/c1-14(2)8-19-11-20(24-23-19)21(27)22-12-17-6-5-7-18(10-17)13-26-16(4)9-15(3)25-26/h5-7,9-11,14H,8,12-13H2,1-4H3,(H,22,27)(H,23,24). The van der Waals surface area contributed by atoms with E-state index in [1.54, 1.807) is 0 Å². The van der Waals surface area contributed by atoms with Gasteiger partial charge in [-0.3, -0.25) is 14.6 Å². The monoisotopic (exact) mass is 365 g/mol. The van der Waals surface area contributed by atoms with Crippen molar-refractivity contribution in [1.82, 2.24) is 25.3 Å². The van der Waals surface area contributed by atoms with Crippen molar-refractivity contribution in [3.63, 3.8) is 0 Å². The summed E-state index contributed by atoms with van der Waals surface area (Å²) >= 11 is 0. The highest BCUT2D eigenvalue weighted by Crippen LogP contribution is 2.11. The van der Waals surface area contributed by atoms with Crippen LogP contribution < -0.4 is 5.32 Å². The molecule has 0 aliphatic carbocycles. The van der Waals surface area contributed by atoms with Gasteiger partial charge in [0.2, 0.25) is 0 Å². The van der Waals surface area contributed by atoms with E-state index >= 15 is 0 Å². The Kier molecular flexibility index (Phi) is 5.74. The molecule has 6 heteroatoms. The van der Waals surface area contributed by atoms with E-state index in [0.29, 0.717) is 18.2 Å². The minimum Gasteiger partial charge on any atom is -0.347 e. The summed E-state index contributed by atoms with van der Waals surface area (Å²) in [7, 11) is 0. The summed E-state index contributed by atoms with van der Waals surface area (Å²) in [5, 5.41) is 14.5. The van der Waals surface area contributed by atoms with Gasteiger partial charge in [-0.15, -0.1) is 0 Å². The van der Waals surface area contributed by atoms with Crippen molar-refractivity contribution in [2.75, 3.05) is 0 Å². The molecule has 1 aromatic carbocycles. The maximum Gasteiger partial charge on any atom is 0.272 e. The van der Waals surface area contributed by atoms with E-state index in [0.717, 1.165) is 41.2 Å². The van der Waals surface area contributed by atoms with Gasteiger partial charge in [-0.1, -0.05) is 38.1 Å². The van der Waals surface area contributed by atoms with Crippen molar-refractivity contribution in [1.29, 1.82) is 0 Å². The van der Waals surface area contributed by atoms with E-state index in [4.69, 9.17) is 0 Å². The first-order chi connectivity index (χ1) is 12.9. The van der Waals surface area contributed by atoms with Crippen molar-refractivity contribution in [2.45, 2.75) is 47.2 Å². The Hall–Kier alpha value is -2.89. The Morgan fingerprint density at radius 2 is 1.96 bits per heavy atom. The van der Waals surface area contributed by atoms with Crippen LogP contribution in [0.2, 0.25) is 0 Å². The molecule has 0 saturated heterocycles. The summed E-state index contributed by atoms with van der Waals surface area (Å²) in [4.78, 5) is 12.3. The summed E-state index contributed by atoms with van der Waals surface area (Å²) in [6.07, 6.45) is 0.884. The molecule has 0 aliphatic heterocycles. The topological polar surface area (TPSA) is 75.6 Å². The maximum absolute atomic E-state index is 12.3. The van der Waals surface area contributed by atoms with Gasteiger partial charge in [0.15, 0.2) is 0 Å². The molecule has 3 aromatic rings. The molecule has 0 bridgehead atoms. The second-order valence-corrected chi connectivity index (χ2v) is 7.46. The van der Waals surface area contributed by atoms with E-state index in [-0.39, 0.29) is 5.91 Å². The first-order valence-corrected chi connectivity index (χ1v) is 9.32. The van der Waals surface area contributed by atoms with Crippen LogP contribution in [0.3, 0.4) is 0 Å². The number of nitrogens with zero attached hydrogens (tertiary/aromatic N) is 3. The lowest BCUT2D eigenvalue weighted by Gasteiger charge is -2.08. The quantitative estimate of drug-likeness (QED) is 0.674. The van der Waals surface area contributed by atoms with Gasteiger partial charge in [0.05, 0.1) is 12.2 Å². The third-order valence-corrected chi connectivity index (χ3v) is 4.37. The fourth-order valence-electron chi connectivity index (χ4n) is 3.14. The van der Waals surface area contributed by atoms with Crippen molar-refractivity contribution in [2.24, 2.45) is 5.92 Å². The second kappa shape index (κ2) is 8.20. The molecule has 0 atom stereocenters. The summed E-state index contributed by atoms with van der Waals surface area (Å²) in [6, 6.07) is 12.1. The lowest BCUT2D eigenvalue weighted by atomic mass is 10.1. The molecule has 0 spiro atoms. The van der Waals surface area contributed by atoms with Crippen LogP contribution in [-0.2, 0) is 19.5 Å². The Bertz CT molecular complexity index is 922. The largest absolute Gasteiger partial charge is 0.347 e. The summed E-state index contributed by atoms with van der Waals surface area (Å²) in [6.45, 7) is 9.52. The van der Waals surface area contributed by atoms with E-state index in [1.807, 2.05) is 29.8 Å². The lowest BCUT2D eigenvalue weighted by molar-refractivity contribution is 0.0946. The van der Waals surface area contributed by atoms with Gasteiger partial charge in [-0.2, -0.15) is 10.2 Å². The molecule has 0 fully saturated rings. The Morgan fingerprint density at radius 1 is 1.19 bits per heavy atom. The number of carbonyl (C=O) groups excluding carboxylic acids is 1. The highest BCUT2D eigenvalue weighted by molar-refractivity contribution is 5.92. The normalized spacial score (nSPS) is 11.1. The molecular formula is C21H27N5O. The molecule has 0 radical (unpaired) electrons. The molecule has 2 aromatic heterocycles. The highest BCUT2D eigenvalue weighted by Gasteiger charge is 2.11. The van der Waals surface area contributed by atoms with Gasteiger partial charge in [-0.25, -0.2) is 0 Å². The summed E-state index contributed by atoms with van der Waals surface area (Å²) in [5.41, 5.74) is 5.80. The zero-order chi connectivity index (χ0) is 19.4. The number of H-pyrrole nitrogens is 1. The van der Waals surface area contributed by atoms with Gasteiger partial charge in [-0.05, 0) is 49.4 Å². The van der Waals surface area contributed by atoms with Crippen molar-refractivity contribution >= 4 is 5.91 Å². The minimum absolute atomic E-state index is 0.162. The average molecular weight is 365 g/mol. The van der Waals surface area contributed by atoms with E-state index in [9.17, 15) is 4.79 Å². The average Bonchev–Trinajstić information content (AvgIpc) is 3.19. The van der Waals surface area contributed by atoms with Crippen LogP contribution in [0.1, 0.15) is 52.5 Å². The smallest absolute Gasteiger partial charge is 0.272 e. The predicted octanol–water partition coefficient (Wildman–Crippen LogP) is 3.40.